The van der Waals surface area contributed by atoms with E-state index >= 15 is 0 Å². The van der Waals surface area contributed by atoms with Crippen molar-refractivity contribution in [2.75, 3.05) is 11.5 Å². The second-order valence-corrected chi connectivity index (χ2v) is 8.15. The fraction of sp³-hybridized carbons (Fsp3) is 0.185. The van der Waals surface area contributed by atoms with Crippen LogP contribution in [0, 0.1) is 0 Å². The fourth-order valence-corrected chi connectivity index (χ4v) is 4.07. The number of rotatable bonds is 10. The number of hydrogen-bond acceptors (Lipinski definition) is 7. The first-order valence-electron chi connectivity index (χ1n) is 11.8. The van der Waals surface area contributed by atoms with Gasteiger partial charge in [-0.2, -0.15) is 0 Å². The zero-order chi connectivity index (χ0) is 25.6. The summed E-state index contributed by atoms with van der Waals surface area (Å²) in [5.74, 6) is 0.620. The molecule has 0 fully saturated rings. The van der Waals surface area contributed by atoms with Gasteiger partial charge in [-0.25, -0.2) is 4.68 Å². The second-order valence-electron chi connectivity index (χ2n) is 8.15. The maximum Gasteiger partial charge on any atom is 0.251 e. The quantitative estimate of drug-likeness (QED) is 0.307. The number of amides is 2. The predicted molar refractivity (Wildman–Crippen MR) is 135 cm³/mol. The zero-order valence-electron chi connectivity index (χ0n) is 20.1. The highest BCUT2D eigenvalue weighted by molar-refractivity contribution is 6.01. The molecule has 10 nitrogen and oxygen atoms in total. The van der Waals surface area contributed by atoms with Crippen LogP contribution < -0.4 is 15.0 Å². The summed E-state index contributed by atoms with van der Waals surface area (Å²) in [6.07, 6.45) is 3.00. The van der Waals surface area contributed by atoms with E-state index in [1.165, 1.54) is 22.1 Å². The van der Waals surface area contributed by atoms with Crippen LogP contribution in [-0.4, -0.2) is 33.4 Å². The molecule has 1 atom stereocenters. The van der Waals surface area contributed by atoms with E-state index in [0.717, 1.165) is 0 Å². The summed E-state index contributed by atoms with van der Waals surface area (Å²) < 4.78 is 18.2. The highest BCUT2D eigenvalue weighted by Gasteiger charge is 2.35. The van der Waals surface area contributed by atoms with Crippen molar-refractivity contribution >= 4 is 28.5 Å². The Kier molecular flexibility index (Phi) is 6.98. The molecule has 2 amide bonds. The Morgan fingerprint density at radius 2 is 1.86 bits per heavy atom. The van der Waals surface area contributed by atoms with Crippen molar-refractivity contribution in [1.82, 2.24) is 20.3 Å². The van der Waals surface area contributed by atoms with Crippen molar-refractivity contribution in [2.24, 2.45) is 0 Å². The van der Waals surface area contributed by atoms with E-state index in [1.54, 1.807) is 48.5 Å². The van der Waals surface area contributed by atoms with Crippen LogP contribution in [0.4, 0.5) is 5.69 Å². The highest BCUT2D eigenvalue weighted by atomic mass is 16.5. The molecule has 188 valence electrons. The first-order chi connectivity index (χ1) is 18.1. The smallest absolute Gasteiger partial charge is 0.251 e. The molecule has 3 heterocycles. The molecule has 5 aromatic rings. The number of furan rings is 2. The molecule has 0 aliphatic carbocycles. The first-order valence-corrected chi connectivity index (χ1v) is 11.8. The van der Waals surface area contributed by atoms with Crippen LogP contribution in [0.5, 0.6) is 5.75 Å². The maximum atomic E-state index is 14.0. The fourth-order valence-electron chi connectivity index (χ4n) is 4.07. The van der Waals surface area contributed by atoms with E-state index in [-0.39, 0.29) is 19.0 Å². The Morgan fingerprint density at radius 1 is 1.03 bits per heavy atom. The van der Waals surface area contributed by atoms with Gasteiger partial charge in [0.1, 0.15) is 29.3 Å². The average molecular weight is 500 g/mol. The number of nitrogens with one attached hydrogen (secondary N) is 1. The van der Waals surface area contributed by atoms with Crippen molar-refractivity contribution in [3.8, 4) is 5.75 Å². The number of nitrogens with zero attached hydrogens (tertiary/aromatic N) is 4. The summed E-state index contributed by atoms with van der Waals surface area (Å²) in [5.41, 5.74) is 1.84. The lowest BCUT2D eigenvalue weighted by atomic mass is 10.1. The number of aromatic nitrogens is 3. The Bertz CT molecular complexity index is 1480. The Balaban J connectivity index is 1.53. The normalized spacial score (nSPS) is 11.8. The lowest BCUT2D eigenvalue weighted by Crippen LogP contribution is -2.45. The third-order valence-electron chi connectivity index (χ3n) is 5.72. The van der Waals surface area contributed by atoms with Crippen LogP contribution in [-0.2, 0) is 22.7 Å². The first kappa shape index (κ1) is 23.9. The Morgan fingerprint density at radius 3 is 2.65 bits per heavy atom. The van der Waals surface area contributed by atoms with E-state index in [9.17, 15) is 9.59 Å². The number of benzene rings is 2. The van der Waals surface area contributed by atoms with E-state index in [1.807, 2.05) is 31.2 Å². The maximum absolute atomic E-state index is 14.0. The van der Waals surface area contributed by atoms with Gasteiger partial charge in [0.2, 0.25) is 5.91 Å². The molecule has 0 radical (unpaired) electrons. The monoisotopic (exact) mass is 499 g/mol. The van der Waals surface area contributed by atoms with Gasteiger partial charge in [0.05, 0.1) is 31.2 Å². The van der Waals surface area contributed by atoms with Gasteiger partial charge in [-0.1, -0.05) is 23.4 Å². The van der Waals surface area contributed by atoms with Gasteiger partial charge >= 0.3 is 0 Å². The van der Waals surface area contributed by atoms with Gasteiger partial charge in [0, 0.05) is 11.8 Å². The molecule has 0 saturated heterocycles. The van der Waals surface area contributed by atoms with E-state index < -0.39 is 11.9 Å². The Labute approximate surface area is 212 Å². The summed E-state index contributed by atoms with van der Waals surface area (Å²) in [6, 6.07) is 20.1. The van der Waals surface area contributed by atoms with E-state index in [2.05, 4.69) is 15.6 Å². The van der Waals surface area contributed by atoms with Crippen LogP contribution in [0.25, 0.3) is 11.0 Å². The van der Waals surface area contributed by atoms with E-state index in [4.69, 9.17) is 13.6 Å². The average Bonchev–Trinajstić information content (AvgIpc) is 3.69. The lowest BCUT2D eigenvalue weighted by Gasteiger charge is -2.30. The number of carbonyl (C=O) groups excluding carboxylic acids is 2. The standard InChI is InChI=1S/C27H25N5O5/c1-2-35-20-9-5-8-19(16-20)32(25(33)18-31-23-12-4-3-11-22(23)29-30-31)26(24-13-7-15-37-24)27(34)28-17-21-10-6-14-36-21/h3-16,26H,2,17-18H2,1H3,(H,28,34)/t26-/m0/s1. The largest absolute Gasteiger partial charge is 0.494 e. The zero-order valence-corrected chi connectivity index (χ0v) is 20.1. The molecule has 0 bridgehead atoms. The van der Waals surface area contributed by atoms with Gasteiger partial charge in [-0.15, -0.1) is 5.10 Å². The van der Waals surface area contributed by atoms with Gasteiger partial charge in [-0.05, 0) is 55.5 Å². The number of para-hydroxylation sites is 1. The molecule has 2 aromatic carbocycles. The minimum Gasteiger partial charge on any atom is -0.494 e. The minimum absolute atomic E-state index is 0.151. The van der Waals surface area contributed by atoms with Gasteiger partial charge in [0.25, 0.3) is 5.91 Å². The molecule has 0 aliphatic heterocycles. The third kappa shape index (κ3) is 5.22. The summed E-state index contributed by atoms with van der Waals surface area (Å²) in [6.45, 7) is 2.33. The topological polar surface area (TPSA) is 116 Å². The van der Waals surface area contributed by atoms with Crippen molar-refractivity contribution in [3.05, 3.63) is 96.8 Å². The summed E-state index contributed by atoms with van der Waals surface area (Å²) in [5, 5.41) is 11.2. The van der Waals surface area contributed by atoms with Crippen LogP contribution >= 0.6 is 0 Å². The molecule has 37 heavy (non-hydrogen) atoms. The lowest BCUT2D eigenvalue weighted by molar-refractivity contribution is -0.127. The van der Waals surface area contributed by atoms with Gasteiger partial charge in [0.15, 0.2) is 6.04 Å². The number of carbonyl (C=O) groups is 2. The van der Waals surface area contributed by atoms with Gasteiger partial charge in [-0.3, -0.25) is 14.5 Å². The minimum atomic E-state index is -1.11. The second kappa shape index (κ2) is 10.8. The predicted octanol–water partition coefficient (Wildman–Crippen LogP) is 4.11. The molecule has 1 N–H and O–H groups in total. The molecule has 0 unspecified atom stereocenters. The van der Waals surface area contributed by atoms with Crippen LogP contribution in [0.2, 0.25) is 0 Å². The number of anilines is 1. The molecule has 0 aliphatic rings. The van der Waals surface area contributed by atoms with Crippen molar-refractivity contribution in [3.63, 3.8) is 0 Å². The van der Waals surface area contributed by atoms with Gasteiger partial charge < -0.3 is 18.9 Å². The Hall–Kier alpha value is -4.86. The van der Waals surface area contributed by atoms with Crippen LogP contribution in [0.15, 0.2) is 94.2 Å². The van der Waals surface area contributed by atoms with E-state index in [0.29, 0.717) is 40.6 Å². The molecule has 10 heteroatoms. The molecule has 0 spiro atoms. The highest BCUT2D eigenvalue weighted by Crippen LogP contribution is 2.31. The summed E-state index contributed by atoms with van der Waals surface area (Å²) >= 11 is 0. The number of fused-ring (bicyclic) bond motifs is 1. The SMILES string of the molecule is CCOc1cccc(N(C(=O)Cn2nnc3ccccc32)[C@H](C(=O)NCc2ccco2)c2ccco2)c1. The molecular formula is C27H25N5O5. The molecular weight excluding hydrogens is 474 g/mol. The number of ether oxygens (including phenoxy) is 1. The van der Waals surface area contributed by atoms with Crippen molar-refractivity contribution < 1.29 is 23.2 Å². The summed E-state index contributed by atoms with van der Waals surface area (Å²) in [7, 11) is 0. The van der Waals surface area contributed by atoms with Crippen LogP contribution in [0.3, 0.4) is 0 Å². The molecule has 5 rings (SSSR count). The molecule has 3 aromatic heterocycles. The van der Waals surface area contributed by atoms with Crippen molar-refractivity contribution in [1.29, 1.82) is 0 Å². The van der Waals surface area contributed by atoms with Crippen LogP contribution in [0.1, 0.15) is 24.5 Å². The number of hydrogen-bond donors (Lipinski definition) is 1. The molecule has 0 saturated carbocycles. The van der Waals surface area contributed by atoms with Crippen molar-refractivity contribution in [2.45, 2.75) is 26.1 Å². The summed E-state index contributed by atoms with van der Waals surface area (Å²) in [4.78, 5) is 29.0. The third-order valence-corrected chi connectivity index (χ3v) is 5.72.